The second-order valence-electron chi connectivity index (χ2n) is 20.3. The third-order valence-corrected chi connectivity index (χ3v) is 14.4. The van der Waals surface area contributed by atoms with Gasteiger partial charge in [-0.05, 0) is 122 Å². The summed E-state index contributed by atoms with van der Waals surface area (Å²) in [5.41, 5.74) is 13.9. The maximum absolute atomic E-state index is 12.8. The quantitative estimate of drug-likeness (QED) is 0.0500. The van der Waals surface area contributed by atoms with E-state index in [0.29, 0.717) is 57.9 Å². The Morgan fingerprint density at radius 3 is 2.07 bits per heavy atom. The second kappa shape index (κ2) is 24.7. The van der Waals surface area contributed by atoms with Crippen LogP contribution in [-0.2, 0) is 31.5 Å². The molecule has 9 nitrogen and oxygen atoms in total. The van der Waals surface area contributed by atoms with Crippen LogP contribution in [0.3, 0.4) is 0 Å². The minimum absolute atomic E-state index is 0.0201. The zero-order valence-electron chi connectivity index (χ0n) is 44.0. The molecule has 0 saturated heterocycles. The molecule has 5 aromatic rings. The van der Waals surface area contributed by atoms with E-state index in [-0.39, 0.29) is 22.6 Å². The van der Waals surface area contributed by atoms with Crippen molar-refractivity contribution in [3.8, 4) is 16.9 Å². The molecule has 2 heterocycles. The normalized spacial score (nSPS) is 16.9. The molecule has 2 amide bonds. The lowest BCUT2D eigenvalue weighted by molar-refractivity contribution is -0.437. The number of para-hydroxylation sites is 2. The predicted octanol–water partition coefficient (Wildman–Crippen LogP) is 12.7. The van der Waals surface area contributed by atoms with Gasteiger partial charge < -0.3 is 29.7 Å². The van der Waals surface area contributed by atoms with Gasteiger partial charge in [0.05, 0.1) is 31.8 Å². The third-order valence-electron chi connectivity index (χ3n) is 14.4. The molecule has 0 unspecified atom stereocenters. The highest BCUT2D eigenvalue weighted by Crippen LogP contribution is 2.48. The van der Waals surface area contributed by atoms with Crippen molar-refractivity contribution >= 4 is 28.9 Å². The van der Waals surface area contributed by atoms with Gasteiger partial charge in [0.1, 0.15) is 18.1 Å². The van der Waals surface area contributed by atoms with Crippen molar-refractivity contribution in [2.75, 3.05) is 57.5 Å². The number of ether oxygens (including phenoxy) is 3. The first kappa shape index (κ1) is 52.5. The summed E-state index contributed by atoms with van der Waals surface area (Å²) in [5.74, 6) is 1.55. The maximum Gasteiger partial charge on any atom is 0.251 e. The van der Waals surface area contributed by atoms with E-state index < -0.39 is 0 Å². The number of amides is 2. The Balaban J connectivity index is 0.849. The molecule has 0 atom stereocenters. The number of hydrogen-bond acceptors (Lipinski definition) is 6. The number of anilines is 1. The first-order chi connectivity index (χ1) is 35.5. The highest BCUT2D eigenvalue weighted by molar-refractivity contribution is 6.03. The van der Waals surface area contributed by atoms with Crippen LogP contribution in [0.2, 0.25) is 0 Å². The lowest BCUT2D eigenvalue weighted by Gasteiger charge is -2.27. The lowest BCUT2D eigenvalue weighted by Crippen LogP contribution is -2.28. The second-order valence-corrected chi connectivity index (χ2v) is 20.3. The molecule has 3 aliphatic rings. The van der Waals surface area contributed by atoms with E-state index in [0.717, 1.165) is 73.4 Å². The van der Waals surface area contributed by atoms with Crippen molar-refractivity contribution in [3.05, 3.63) is 197 Å². The number of nitrogens with zero attached hydrogens (tertiary/aromatic N) is 2. The van der Waals surface area contributed by atoms with Crippen LogP contribution in [-0.4, -0.2) is 74.7 Å². The molecule has 0 radical (unpaired) electrons. The fraction of sp³-hybridized carbons (Fsp3) is 0.359. The van der Waals surface area contributed by atoms with Gasteiger partial charge in [0.25, 0.3) is 5.91 Å². The van der Waals surface area contributed by atoms with Crippen LogP contribution in [0.25, 0.3) is 11.1 Å². The number of allylic oxidation sites excluding steroid dienone is 7. The number of benzene rings is 5. The van der Waals surface area contributed by atoms with Crippen molar-refractivity contribution in [2.24, 2.45) is 0 Å². The Kier molecular flexibility index (Phi) is 17.8. The van der Waals surface area contributed by atoms with Gasteiger partial charge in [-0.1, -0.05) is 125 Å². The Labute approximate surface area is 434 Å². The Morgan fingerprint density at radius 1 is 0.671 bits per heavy atom. The SMILES string of the molecule is CCCN1C(=CC=C2CCCC(C=CC3=[N+](CCC)c4ccccc4C3(C)C)=C2Oc2ccc(CCC(=O)NCCOCCOCCNC(=O)c3ccc(-c4ccccc4)cc3)cc2)C(C)(C)c2ccccc21. The maximum atomic E-state index is 12.8. The molecule has 73 heavy (non-hydrogen) atoms. The predicted molar refractivity (Wildman–Crippen MR) is 297 cm³/mol. The smallest absolute Gasteiger partial charge is 0.251 e. The van der Waals surface area contributed by atoms with E-state index in [2.05, 4.69) is 147 Å². The summed E-state index contributed by atoms with van der Waals surface area (Å²) in [5, 5.41) is 5.88. The summed E-state index contributed by atoms with van der Waals surface area (Å²) >= 11 is 0. The molecule has 1 aliphatic carbocycles. The van der Waals surface area contributed by atoms with E-state index in [1.165, 1.54) is 45.1 Å². The van der Waals surface area contributed by atoms with Crippen LogP contribution >= 0.6 is 0 Å². The number of aryl methyl sites for hydroxylation is 1. The molecule has 9 heteroatoms. The molecule has 0 bridgehead atoms. The molecular formula is C64H75N4O5+. The number of hydrogen-bond donors (Lipinski definition) is 2. The van der Waals surface area contributed by atoms with Gasteiger partial charge in [-0.2, -0.15) is 4.58 Å². The fourth-order valence-corrected chi connectivity index (χ4v) is 10.5. The van der Waals surface area contributed by atoms with Crippen LogP contribution in [0, 0.1) is 0 Å². The average Bonchev–Trinajstić information content (AvgIpc) is 3.76. The summed E-state index contributed by atoms with van der Waals surface area (Å²) in [6.45, 7) is 18.2. The lowest BCUT2D eigenvalue weighted by atomic mass is 9.81. The number of carbonyl (C=O) groups excluding carboxylic acids is 2. The van der Waals surface area contributed by atoms with Gasteiger partial charge in [0.15, 0.2) is 5.71 Å². The van der Waals surface area contributed by atoms with Crippen molar-refractivity contribution < 1.29 is 28.4 Å². The van der Waals surface area contributed by atoms with Crippen LogP contribution in [0.15, 0.2) is 174 Å². The molecule has 2 aliphatic heterocycles. The van der Waals surface area contributed by atoms with E-state index in [4.69, 9.17) is 14.2 Å². The van der Waals surface area contributed by atoms with E-state index in [9.17, 15) is 9.59 Å². The number of rotatable bonds is 23. The zero-order chi connectivity index (χ0) is 51.2. The van der Waals surface area contributed by atoms with E-state index in [1.54, 1.807) is 0 Å². The molecule has 5 aromatic carbocycles. The monoisotopic (exact) mass is 980 g/mol. The number of nitrogens with one attached hydrogen (secondary N) is 2. The standard InChI is InChI=1S/C64H74N4O5/c1-7-41-67-56-23-14-12-21-54(56)63(3,4)58(67)36-32-50-19-16-20-51(33-37-59-64(5,6)55-22-13-15-24-57(55)68(59)42-8-2)61(50)73-53-34-25-47(26-35-53)27-38-60(69)65-39-43-71-45-46-72-44-40-66-62(70)52-30-28-49(29-31-52)48-17-10-9-11-18-48/h9-15,17-18,21-26,28-37H,7-8,16,19-20,27,38-46H2,1-6H3,(H-,65,66,69,70)/p+1. The Morgan fingerprint density at radius 2 is 1.34 bits per heavy atom. The van der Waals surface area contributed by atoms with Gasteiger partial charge in [-0.25, -0.2) is 0 Å². The molecule has 380 valence electrons. The van der Waals surface area contributed by atoms with E-state index in [1.807, 2.05) is 66.7 Å². The fourth-order valence-electron chi connectivity index (χ4n) is 10.5. The number of carbonyl (C=O) groups is 2. The summed E-state index contributed by atoms with van der Waals surface area (Å²) in [7, 11) is 0. The summed E-state index contributed by atoms with van der Waals surface area (Å²) in [6, 6.07) is 43.6. The summed E-state index contributed by atoms with van der Waals surface area (Å²) < 4.78 is 20.8. The highest BCUT2D eigenvalue weighted by atomic mass is 16.5. The van der Waals surface area contributed by atoms with Crippen LogP contribution < -0.4 is 20.3 Å². The summed E-state index contributed by atoms with van der Waals surface area (Å²) in [4.78, 5) is 27.9. The van der Waals surface area contributed by atoms with Crippen LogP contribution in [0.4, 0.5) is 11.4 Å². The summed E-state index contributed by atoms with van der Waals surface area (Å²) in [6.07, 6.45) is 15.3. The molecule has 0 spiro atoms. The minimum Gasteiger partial charge on any atom is -0.457 e. The van der Waals surface area contributed by atoms with Crippen molar-refractivity contribution in [2.45, 2.75) is 97.3 Å². The topological polar surface area (TPSA) is 92.1 Å². The minimum atomic E-state index is -0.134. The molecule has 0 aromatic heterocycles. The molecule has 8 rings (SSSR count). The Bertz CT molecular complexity index is 2850. The largest absolute Gasteiger partial charge is 0.457 e. The first-order valence-electron chi connectivity index (χ1n) is 26.6. The molecule has 0 saturated carbocycles. The van der Waals surface area contributed by atoms with E-state index >= 15 is 0 Å². The van der Waals surface area contributed by atoms with Crippen molar-refractivity contribution in [1.29, 1.82) is 0 Å². The van der Waals surface area contributed by atoms with Gasteiger partial charge >= 0.3 is 0 Å². The van der Waals surface area contributed by atoms with Crippen LogP contribution in [0.1, 0.15) is 107 Å². The molecular weight excluding hydrogens is 905 g/mol. The van der Waals surface area contributed by atoms with Gasteiger partial charge in [-0.15, -0.1) is 0 Å². The zero-order valence-corrected chi connectivity index (χ0v) is 44.0. The van der Waals surface area contributed by atoms with Crippen molar-refractivity contribution in [1.82, 2.24) is 10.6 Å². The average molecular weight is 980 g/mol. The molecule has 0 fully saturated rings. The third kappa shape index (κ3) is 12.7. The van der Waals surface area contributed by atoms with Crippen molar-refractivity contribution in [3.63, 3.8) is 0 Å². The van der Waals surface area contributed by atoms with Gasteiger partial charge in [-0.3, -0.25) is 9.59 Å². The highest BCUT2D eigenvalue weighted by Gasteiger charge is 2.44. The first-order valence-corrected chi connectivity index (χ1v) is 26.6. The number of fused-ring (bicyclic) bond motifs is 2. The van der Waals surface area contributed by atoms with Gasteiger partial charge in [0.2, 0.25) is 11.6 Å². The van der Waals surface area contributed by atoms with Crippen LogP contribution in [0.5, 0.6) is 5.75 Å². The van der Waals surface area contributed by atoms with Gasteiger partial charge in [0, 0.05) is 72.5 Å². The molecule has 2 N–H and O–H groups in total. The Hall–Kier alpha value is -6.81.